The summed E-state index contributed by atoms with van der Waals surface area (Å²) in [5.74, 6) is 2.43. The SMILES string of the molecule is C1CC2CCC12.NC(N)=O. The Morgan fingerprint density at radius 2 is 1.20 bits per heavy atom. The number of primary amides is 2. The zero-order valence-corrected chi connectivity index (χ0v) is 6.05. The average Bonchev–Trinajstić information content (AvgIpc) is 1.77. The molecule has 3 heteroatoms. The van der Waals surface area contributed by atoms with Gasteiger partial charge in [0, 0.05) is 0 Å². The Balaban J connectivity index is 0.000000112. The molecule has 2 amide bonds. The smallest absolute Gasteiger partial charge is 0.309 e. The molecule has 0 bridgehead atoms. The number of fused-ring (bicyclic) bond motifs is 1. The van der Waals surface area contributed by atoms with Crippen LogP contribution >= 0.6 is 0 Å². The molecule has 2 rings (SSSR count). The normalized spacial score (nSPS) is 33.6. The number of rotatable bonds is 0. The van der Waals surface area contributed by atoms with Crippen LogP contribution in [0.3, 0.4) is 0 Å². The zero-order valence-electron chi connectivity index (χ0n) is 6.05. The van der Waals surface area contributed by atoms with Gasteiger partial charge in [-0.1, -0.05) is 0 Å². The Bertz CT molecular complexity index is 114. The molecule has 0 unspecified atom stereocenters. The Hall–Kier alpha value is -0.730. The van der Waals surface area contributed by atoms with Crippen molar-refractivity contribution in [1.82, 2.24) is 0 Å². The van der Waals surface area contributed by atoms with Crippen molar-refractivity contribution in [1.29, 1.82) is 0 Å². The maximum atomic E-state index is 9.00. The lowest BCUT2D eigenvalue weighted by Gasteiger charge is -2.46. The maximum Gasteiger partial charge on any atom is 0.309 e. The van der Waals surface area contributed by atoms with Gasteiger partial charge < -0.3 is 11.5 Å². The fraction of sp³-hybridized carbons (Fsp3) is 0.857. The van der Waals surface area contributed by atoms with Gasteiger partial charge in [-0.05, 0) is 37.5 Å². The summed E-state index contributed by atoms with van der Waals surface area (Å²) in [6.45, 7) is 0. The van der Waals surface area contributed by atoms with Crippen LogP contribution in [-0.2, 0) is 0 Å². The topological polar surface area (TPSA) is 69.1 Å². The molecule has 0 saturated heterocycles. The zero-order chi connectivity index (χ0) is 7.56. The maximum absolute atomic E-state index is 9.00. The molecule has 10 heavy (non-hydrogen) atoms. The van der Waals surface area contributed by atoms with Gasteiger partial charge in [0.2, 0.25) is 0 Å². The van der Waals surface area contributed by atoms with Crippen molar-refractivity contribution < 1.29 is 4.79 Å². The number of hydrogen-bond donors (Lipinski definition) is 2. The third-order valence-corrected chi connectivity index (χ3v) is 2.48. The predicted molar refractivity (Wildman–Crippen MR) is 39.2 cm³/mol. The van der Waals surface area contributed by atoms with Gasteiger partial charge in [-0.15, -0.1) is 0 Å². The molecule has 2 aliphatic carbocycles. The van der Waals surface area contributed by atoms with Crippen LogP contribution in [0.15, 0.2) is 0 Å². The van der Waals surface area contributed by atoms with Crippen LogP contribution in [0.4, 0.5) is 4.79 Å². The number of hydrogen-bond acceptors (Lipinski definition) is 1. The van der Waals surface area contributed by atoms with Crippen molar-refractivity contribution in [2.24, 2.45) is 23.3 Å². The minimum absolute atomic E-state index is 0.833. The minimum Gasteiger partial charge on any atom is -0.352 e. The molecule has 0 aromatic rings. The van der Waals surface area contributed by atoms with Gasteiger partial charge in [-0.3, -0.25) is 0 Å². The van der Waals surface area contributed by atoms with Crippen molar-refractivity contribution in [3.63, 3.8) is 0 Å². The molecule has 2 saturated carbocycles. The molecule has 2 fully saturated rings. The first-order chi connectivity index (χ1) is 4.70. The summed E-state index contributed by atoms with van der Waals surface area (Å²) < 4.78 is 0. The van der Waals surface area contributed by atoms with Crippen LogP contribution in [0.2, 0.25) is 0 Å². The van der Waals surface area contributed by atoms with E-state index in [2.05, 4.69) is 11.5 Å². The first kappa shape index (κ1) is 7.38. The van der Waals surface area contributed by atoms with Crippen LogP contribution in [0.5, 0.6) is 0 Å². The second-order valence-electron chi connectivity index (χ2n) is 3.08. The van der Waals surface area contributed by atoms with Crippen LogP contribution in [0.1, 0.15) is 25.7 Å². The van der Waals surface area contributed by atoms with Gasteiger partial charge in [-0.25, -0.2) is 4.79 Å². The fourth-order valence-electron chi connectivity index (χ4n) is 1.56. The Kier molecular flexibility index (Phi) is 2.14. The fourth-order valence-corrected chi connectivity index (χ4v) is 1.56. The molecular formula is C7H14N2O. The summed E-state index contributed by atoms with van der Waals surface area (Å²) in [5.41, 5.74) is 8.50. The molecule has 0 spiro atoms. The Morgan fingerprint density at radius 3 is 1.20 bits per heavy atom. The largest absolute Gasteiger partial charge is 0.352 e. The lowest BCUT2D eigenvalue weighted by atomic mass is 9.60. The molecule has 3 nitrogen and oxygen atoms in total. The van der Waals surface area contributed by atoms with Crippen LogP contribution in [0.25, 0.3) is 0 Å². The summed E-state index contributed by atoms with van der Waals surface area (Å²) >= 11 is 0. The first-order valence-corrected chi connectivity index (χ1v) is 3.75. The summed E-state index contributed by atoms with van der Waals surface area (Å²) in [7, 11) is 0. The van der Waals surface area contributed by atoms with Crippen molar-refractivity contribution >= 4 is 6.03 Å². The van der Waals surface area contributed by atoms with Gasteiger partial charge in [0.15, 0.2) is 0 Å². The highest BCUT2D eigenvalue weighted by molar-refractivity contribution is 5.69. The summed E-state index contributed by atoms with van der Waals surface area (Å²) in [6, 6.07) is -0.833. The molecule has 4 N–H and O–H groups in total. The molecule has 0 heterocycles. The highest BCUT2D eigenvalue weighted by Gasteiger charge is 2.37. The van der Waals surface area contributed by atoms with E-state index in [1.807, 2.05) is 0 Å². The van der Waals surface area contributed by atoms with Crippen molar-refractivity contribution in [2.45, 2.75) is 25.7 Å². The molecule has 0 atom stereocenters. The molecule has 0 aliphatic heterocycles. The number of amides is 2. The van der Waals surface area contributed by atoms with Gasteiger partial charge in [0.05, 0.1) is 0 Å². The standard InChI is InChI=1S/C6H10.CH4N2O/c1-2-6-4-3-5(1)6;2-1(3)4/h5-6H,1-4H2;(H4,2,3,4). The first-order valence-electron chi connectivity index (χ1n) is 3.75. The van der Waals surface area contributed by atoms with Crippen LogP contribution in [-0.4, -0.2) is 6.03 Å². The Labute approximate surface area is 60.8 Å². The monoisotopic (exact) mass is 142 g/mol. The quantitative estimate of drug-likeness (QED) is 0.516. The van der Waals surface area contributed by atoms with Gasteiger partial charge in [0.25, 0.3) is 0 Å². The second kappa shape index (κ2) is 2.90. The van der Waals surface area contributed by atoms with Crippen molar-refractivity contribution in [3.8, 4) is 0 Å². The van der Waals surface area contributed by atoms with Crippen LogP contribution in [0, 0.1) is 11.8 Å². The third-order valence-electron chi connectivity index (χ3n) is 2.48. The van der Waals surface area contributed by atoms with Crippen molar-refractivity contribution in [3.05, 3.63) is 0 Å². The molecular weight excluding hydrogens is 128 g/mol. The number of carbonyl (C=O) groups excluding carboxylic acids is 1. The van der Waals surface area contributed by atoms with Gasteiger partial charge >= 0.3 is 6.03 Å². The van der Waals surface area contributed by atoms with E-state index >= 15 is 0 Å². The van der Waals surface area contributed by atoms with E-state index in [0.29, 0.717) is 0 Å². The molecule has 0 aromatic carbocycles. The average molecular weight is 142 g/mol. The Morgan fingerprint density at radius 1 is 1.00 bits per heavy atom. The van der Waals surface area contributed by atoms with E-state index in [4.69, 9.17) is 4.79 Å². The summed E-state index contributed by atoms with van der Waals surface area (Å²) in [4.78, 5) is 9.00. The van der Waals surface area contributed by atoms with E-state index in [0.717, 1.165) is 0 Å². The second-order valence-corrected chi connectivity index (χ2v) is 3.08. The van der Waals surface area contributed by atoms with Gasteiger partial charge in [0.1, 0.15) is 0 Å². The van der Waals surface area contributed by atoms with E-state index in [-0.39, 0.29) is 0 Å². The summed E-state index contributed by atoms with van der Waals surface area (Å²) in [6.07, 6.45) is 6.24. The lowest BCUT2D eigenvalue weighted by Crippen LogP contribution is -2.34. The minimum atomic E-state index is -0.833. The molecule has 58 valence electrons. The van der Waals surface area contributed by atoms with E-state index in [1.54, 1.807) is 25.7 Å². The van der Waals surface area contributed by atoms with Crippen molar-refractivity contribution in [2.75, 3.05) is 0 Å². The highest BCUT2D eigenvalue weighted by atomic mass is 16.2. The van der Waals surface area contributed by atoms with Crippen LogP contribution < -0.4 is 11.5 Å². The molecule has 0 aromatic heterocycles. The number of carbonyl (C=O) groups is 1. The molecule has 2 aliphatic rings. The summed E-state index contributed by atoms with van der Waals surface area (Å²) in [5, 5.41) is 0. The predicted octanol–water partition coefficient (Wildman–Crippen LogP) is 0.830. The van der Waals surface area contributed by atoms with E-state index in [9.17, 15) is 0 Å². The number of nitrogens with two attached hydrogens (primary N) is 2. The van der Waals surface area contributed by atoms with E-state index < -0.39 is 6.03 Å². The molecule has 0 radical (unpaired) electrons. The third kappa shape index (κ3) is 1.62. The lowest BCUT2D eigenvalue weighted by molar-refractivity contribution is 0.0548. The highest BCUT2D eigenvalue weighted by Crippen LogP contribution is 2.49. The van der Waals surface area contributed by atoms with Gasteiger partial charge in [-0.2, -0.15) is 0 Å². The number of urea groups is 1. The van der Waals surface area contributed by atoms with E-state index in [1.165, 1.54) is 11.8 Å².